The zero-order valence-electron chi connectivity index (χ0n) is 11.1. The fourth-order valence-corrected chi connectivity index (χ4v) is 1.76. The van der Waals surface area contributed by atoms with Crippen molar-refractivity contribution in [3.05, 3.63) is 48.0 Å². The smallest absolute Gasteiger partial charge is 0.153 e. The Kier molecular flexibility index (Phi) is 3.77. The number of benzene rings is 1. The van der Waals surface area contributed by atoms with Crippen LogP contribution in [0.15, 0.2) is 36.7 Å². The van der Waals surface area contributed by atoms with Crippen molar-refractivity contribution >= 4 is 0 Å². The highest BCUT2D eigenvalue weighted by atomic mass is 16.5. The van der Waals surface area contributed by atoms with Gasteiger partial charge in [-0.15, -0.1) is 0 Å². The average Bonchev–Trinajstić information content (AvgIpc) is 2.78. The van der Waals surface area contributed by atoms with E-state index in [-0.39, 0.29) is 5.54 Å². The lowest BCUT2D eigenvalue weighted by Gasteiger charge is -2.21. The molecule has 0 spiro atoms. The van der Waals surface area contributed by atoms with Gasteiger partial charge in [-0.2, -0.15) is 5.10 Å². The van der Waals surface area contributed by atoms with E-state index in [2.05, 4.69) is 43.0 Å². The molecule has 4 nitrogen and oxygen atoms in total. The van der Waals surface area contributed by atoms with Crippen molar-refractivity contribution in [1.82, 2.24) is 14.8 Å². The lowest BCUT2D eigenvalue weighted by atomic mass is 10.1. The first-order valence-electron chi connectivity index (χ1n) is 6.08. The first-order chi connectivity index (χ1) is 8.57. The van der Waals surface area contributed by atoms with E-state index in [1.54, 1.807) is 6.33 Å². The number of hydrogen-bond acceptors (Lipinski definition) is 3. The second kappa shape index (κ2) is 5.31. The van der Waals surface area contributed by atoms with Crippen molar-refractivity contribution < 1.29 is 4.74 Å². The third-order valence-electron chi connectivity index (χ3n) is 2.60. The molecule has 2 rings (SSSR count). The second-order valence-corrected chi connectivity index (χ2v) is 5.24. The zero-order chi connectivity index (χ0) is 13.0. The van der Waals surface area contributed by atoms with Crippen LogP contribution in [-0.2, 0) is 23.5 Å². The van der Waals surface area contributed by atoms with E-state index >= 15 is 0 Å². The molecule has 18 heavy (non-hydrogen) atoms. The summed E-state index contributed by atoms with van der Waals surface area (Å²) in [4.78, 5) is 4.24. The summed E-state index contributed by atoms with van der Waals surface area (Å²) in [7, 11) is 0. The van der Waals surface area contributed by atoms with Gasteiger partial charge in [0.05, 0.1) is 12.1 Å². The fourth-order valence-electron chi connectivity index (χ4n) is 1.76. The number of nitrogens with zero attached hydrogens (tertiary/aromatic N) is 3. The highest BCUT2D eigenvalue weighted by Gasteiger charge is 2.18. The summed E-state index contributed by atoms with van der Waals surface area (Å²) in [5, 5.41) is 4.24. The van der Waals surface area contributed by atoms with Gasteiger partial charge in [0.15, 0.2) is 5.82 Å². The highest BCUT2D eigenvalue weighted by Crippen LogP contribution is 2.14. The van der Waals surface area contributed by atoms with Crippen LogP contribution in [0.4, 0.5) is 0 Å². The maximum Gasteiger partial charge on any atom is 0.153 e. The third kappa shape index (κ3) is 3.17. The Morgan fingerprint density at radius 1 is 1.11 bits per heavy atom. The molecular formula is C14H19N3O. The minimum atomic E-state index is -0.0675. The largest absolute Gasteiger partial charge is 0.369 e. The summed E-state index contributed by atoms with van der Waals surface area (Å²) >= 11 is 0. The van der Waals surface area contributed by atoms with Crippen LogP contribution >= 0.6 is 0 Å². The van der Waals surface area contributed by atoms with Crippen molar-refractivity contribution in [1.29, 1.82) is 0 Å². The normalized spacial score (nSPS) is 11.7. The minimum Gasteiger partial charge on any atom is -0.369 e. The van der Waals surface area contributed by atoms with E-state index in [1.807, 2.05) is 22.9 Å². The van der Waals surface area contributed by atoms with Crippen molar-refractivity contribution in [2.75, 3.05) is 0 Å². The van der Waals surface area contributed by atoms with Gasteiger partial charge < -0.3 is 4.74 Å². The fraction of sp³-hybridized carbons (Fsp3) is 0.429. The molecule has 0 saturated heterocycles. The summed E-state index contributed by atoms with van der Waals surface area (Å²) < 4.78 is 7.58. The molecule has 1 aromatic heterocycles. The lowest BCUT2D eigenvalue weighted by Crippen LogP contribution is -2.25. The van der Waals surface area contributed by atoms with E-state index in [0.717, 1.165) is 5.82 Å². The Bertz CT molecular complexity index is 485. The van der Waals surface area contributed by atoms with E-state index < -0.39 is 0 Å². The van der Waals surface area contributed by atoms with Gasteiger partial charge in [0.1, 0.15) is 12.9 Å². The van der Waals surface area contributed by atoms with Crippen LogP contribution in [0, 0.1) is 0 Å². The van der Waals surface area contributed by atoms with E-state index in [0.29, 0.717) is 13.2 Å². The molecule has 0 fully saturated rings. The monoisotopic (exact) mass is 245 g/mol. The van der Waals surface area contributed by atoms with Gasteiger partial charge in [-0.1, -0.05) is 30.3 Å². The molecule has 0 N–H and O–H groups in total. The van der Waals surface area contributed by atoms with Gasteiger partial charge in [-0.25, -0.2) is 9.67 Å². The molecule has 0 aliphatic heterocycles. The summed E-state index contributed by atoms with van der Waals surface area (Å²) in [5.41, 5.74) is 1.10. The van der Waals surface area contributed by atoms with Crippen LogP contribution in [0.1, 0.15) is 32.2 Å². The molecule has 2 aromatic rings. The molecule has 0 atom stereocenters. The van der Waals surface area contributed by atoms with Gasteiger partial charge >= 0.3 is 0 Å². The molecule has 1 heterocycles. The number of aromatic nitrogens is 3. The van der Waals surface area contributed by atoms with E-state index in [9.17, 15) is 0 Å². The van der Waals surface area contributed by atoms with Gasteiger partial charge in [-0.05, 0) is 26.3 Å². The van der Waals surface area contributed by atoms with Crippen molar-refractivity contribution in [3.8, 4) is 0 Å². The number of hydrogen-bond donors (Lipinski definition) is 0. The molecule has 0 radical (unpaired) electrons. The van der Waals surface area contributed by atoms with Crippen molar-refractivity contribution in [3.63, 3.8) is 0 Å². The van der Waals surface area contributed by atoms with Crippen LogP contribution in [0.25, 0.3) is 0 Å². The average molecular weight is 245 g/mol. The zero-order valence-corrected chi connectivity index (χ0v) is 11.1. The molecule has 4 heteroatoms. The Morgan fingerprint density at radius 3 is 2.50 bits per heavy atom. The maximum atomic E-state index is 5.68. The first kappa shape index (κ1) is 12.8. The minimum absolute atomic E-state index is 0.0675. The molecule has 96 valence electrons. The van der Waals surface area contributed by atoms with Crippen LogP contribution < -0.4 is 0 Å². The standard InChI is InChI=1S/C14H19N3O/c1-14(2,3)17-13(15-11-16-17)10-18-9-12-7-5-4-6-8-12/h4-8,11H,9-10H2,1-3H3. The van der Waals surface area contributed by atoms with Crippen LogP contribution in [-0.4, -0.2) is 14.8 Å². The van der Waals surface area contributed by atoms with Crippen molar-refractivity contribution in [2.24, 2.45) is 0 Å². The van der Waals surface area contributed by atoms with Gasteiger partial charge in [-0.3, -0.25) is 0 Å². The van der Waals surface area contributed by atoms with Crippen LogP contribution in [0.5, 0.6) is 0 Å². The molecule has 1 aromatic carbocycles. The highest BCUT2D eigenvalue weighted by molar-refractivity contribution is 5.13. The predicted molar refractivity (Wildman–Crippen MR) is 70.0 cm³/mol. The van der Waals surface area contributed by atoms with Crippen LogP contribution in [0.3, 0.4) is 0 Å². The maximum absolute atomic E-state index is 5.68. The van der Waals surface area contributed by atoms with Gasteiger partial charge in [0, 0.05) is 0 Å². The first-order valence-corrected chi connectivity index (χ1v) is 6.08. The Morgan fingerprint density at radius 2 is 1.83 bits per heavy atom. The molecule has 0 aliphatic rings. The summed E-state index contributed by atoms with van der Waals surface area (Å²) in [6.45, 7) is 7.37. The molecule has 0 bridgehead atoms. The summed E-state index contributed by atoms with van der Waals surface area (Å²) in [6, 6.07) is 10.1. The Labute approximate surface area is 108 Å². The molecule has 0 aliphatic carbocycles. The molecule has 0 unspecified atom stereocenters. The molecular weight excluding hydrogens is 226 g/mol. The topological polar surface area (TPSA) is 39.9 Å². The number of rotatable bonds is 4. The SMILES string of the molecule is CC(C)(C)n1ncnc1COCc1ccccc1. The van der Waals surface area contributed by atoms with Gasteiger partial charge in [0.25, 0.3) is 0 Å². The number of ether oxygens (including phenoxy) is 1. The predicted octanol–water partition coefficient (Wildman–Crippen LogP) is 2.75. The Hall–Kier alpha value is -1.68. The Balaban J connectivity index is 1.93. The second-order valence-electron chi connectivity index (χ2n) is 5.24. The molecule has 0 saturated carbocycles. The summed E-state index contributed by atoms with van der Waals surface area (Å²) in [5.74, 6) is 0.860. The van der Waals surface area contributed by atoms with E-state index in [1.165, 1.54) is 5.56 Å². The third-order valence-corrected chi connectivity index (χ3v) is 2.60. The summed E-state index contributed by atoms with van der Waals surface area (Å²) in [6.07, 6.45) is 1.58. The van der Waals surface area contributed by atoms with E-state index in [4.69, 9.17) is 4.74 Å². The lowest BCUT2D eigenvalue weighted by molar-refractivity contribution is 0.0947. The molecule has 0 amide bonds. The van der Waals surface area contributed by atoms with Crippen LogP contribution in [0.2, 0.25) is 0 Å². The quantitative estimate of drug-likeness (QED) is 0.831. The van der Waals surface area contributed by atoms with Gasteiger partial charge in [0.2, 0.25) is 0 Å². The van der Waals surface area contributed by atoms with Crippen molar-refractivity contribution in [2.45, 2.75) is 39.5 Å².